The average Bonchev–Trinajstić information content (AvgIpc) is 3.12. The molecule has 0 aliphatic heterocycles. The Morgan fingerprint density at radius 2 is 2.33 bits per heavy atom. The molecule has 6 nitrogen and oxygen atoms in total. The fourth-order valence-electron chi connectivity index (χ4n) is 1.78. The number of hydrogen-bond donors (Lipinski definition) is 2. The maximum Gasteiger partial charge on any atom is 0.230 e. The molecule has 0 atom stereocenters. The number of rotatable bonds is 4. The quantitative estimate of drug-likeness (QED) is 0.773. The van der Waals surface area contributed by atoms with E-state index >= 15 is 0 Å². The van der Waals surface area contributed by atoms with Gasteiger partial charge >= 0.3 is 0 Å². The zero-order chi connectivity index (χ0) is 14.7. The second-order valence-electron chi connectivity index (χ2n) is 4.30. The van der Waals surface area contributed by atoms with E-state index in [1.165, 1.54) is 29.8 Å². The topological polar surface area (TPSA) is 88.0 Å². The molecule has 106 valence electrons. The number of nitrogens with one attached hydrogen (secondary N) is 2. The van der Waals surface area contributed by atoms with E-state index < -0.39 is 0 Å². The van der Waals surface area contributed by atoms with Gasteiger partial charge in [0, 0.05) is 29.4 Å². The first-order valence-corrected chi connectivity index (χ1v) is 7.04. The van der Waals surface area contributed by atoms with Gasteiger partial charge < -0.3 is 14.7 Å². The Bertz CT molecular complexity index is 805. The van der Waals surface area contributed by atoms with E-state index in [4.69, 9.17) is 4.42 Å². The lowest BCUT2D eigenvalue weighted by atomic mass is 10.3. The summed E-state index contributed by atoms with van der Waals surface area (Å²) >= 11 is 1.44. The summed E-state index contributed by atoms with van der Waals surface area (Å²) in [5.74, 6) is -0.282. The zero-order valence-electron chi connectivity index (χ0n) is 10.8. The predicted molar refractivity (Wildman–Crippen MR) is 79.2 cm³/mol. The number of aromatic nitrogens is 2. The van der Waals surface area contributed by atoms with Crippen molar-refractivity contribution in [1.82, 2.24) is 9.97 Å². The van der Waals surface area contributed by atoms with E-state index in [0.29, 0.717) is 5.69 Å². The molecule has 3 heterocycles. The van der Waals surface area contributed by atoms with E-state index in [-0.39, 0.29) is 23.4 Å². The first-order chi connectivity index (χ1) is 10.2. The van der Waals surface area contributed by atoms with Crippen molar-refractivity contribution in [2.24, 2.45) is 0 Å². The number of carbonyl (C=O) groups excluding carboxylic acids is 1. The Labute approximate surface area is 123 Å². The van der Waals surface area contributed by atoms with Crippen molar-refractivity contribution in [3.05, 3.63) is 58.4 Å². The molecule has 0 saturated carbocycles. The molecule has 0 aromatic carbocycles. The van der Waals surface area contributed by atoms with Gasteiger partial charge in [0.15, 0.2) is 0 Å². The van der Waals surface area contributed by atoms with E-state index in [1.54, 1.807) is 12.5 Å². The van der Waals surface area contributed by atoms with Gasteiger partial charge in [-0.15, -0.1) is 11.3 Å². The Morgan fingerprint density at radius 3 is 3.10 bits per heavy atom. The van der Waals surface area contributed by atoms with Crippen LogP contribution in [0.3, 0.4) is 0 Å². The Morgan fingerprint density at radius 1 is 1.43 bits per heavy atom. The average molecular weight is 301 g/mol. The van der Waals surface area contributed by atoms with Crippen LogP contribution in [-0.2, 0) is 11.2 Å². The van der Waals surface area contributed by atoms with Crippen LogP contribution in [0.5, 0.6) is 0 Å². The molecule has 0 bridgehead atoms. The van der Waals surface area contributed by atoms with Crippen molar-refractivity contribution in [3.8, 4) is 10.6 Å². The normalized spacial score (nSPS) is 10.5. The SMILES string of the molecule is O=C(Cc1csc(-c2ccoc2)n1)Nc1c[nH]ccc1=O. The Balaban J connectivity index is 1.68. The van der Waals surface area contributed by atoms with Crippen molar-refractivity contribution in [3.63, 3.8) is 0 Å². The number of thiazole rings is 1. The molecule has 3 rings (SSSR count). The number of aromatic amines is 1. The number of furan rings is 1. The van der Waals surface area contributed by atoms with Crippen LogP contribution in [0.25, 0.3) is 10.6 Å². The molecule has 3 aromatic rings. The second-order valence-corrected chi connectivity index (χ2v) is 5.16. The first kappa shape index (κ1) is 13.3. The summed E-state index contributed by atoms with van der Waals surface area (Å²) < 4.78 is 5.00. The monoisotopic (exact) mass is 301 g/mol. The molecule has 0 unspecified atom stereocenters. The molecule has 0 saturated heterocycles. The summed E-state index contributed by atoms with van der Waals surface area (Å²) in [4.78, 5) is 30.5. The second kappa shape index (κ2) is 5.76. The summed E-state index contributed by atoms with van der Waals surface area (Å²) in [5, 5.41) is 5.18. The molecule has 0 radical (unpaired) electrons. The highest BCUT2D eigenvalue weighted by atomic mass is 32.1. The van der Waals surface area contributed by atoms with Crippen LogP contribution >= 0.6 is 11.3 Å². The van der Waals surface area contributed by atoms with Crippen LogP contribution < -0.4 is 10.7 Å². The van der Waals surface area contributed by atoms with Crippen LogP contribution in [0, 0.1) is 0 Å². The summed E-state index contributed by atoms with van der Waals surface area (Å²) in [6, 6.07) is 3.17. The predicted octanol–water partition coefficient (Wildman–Crippen LogP) is 2.27. The molecule has 0 spiro atoms. The third-order valence-electron chi connectivity index (χ3n) is 2.76. The van der Waals surface area contributed by atoms with Crippen molar-refractivity contribution in [1.29, 1.82) is 0 Å². The summed E-state index contributed by atoms with van der Waals surface area (Å²) in [6.07, 6.45) is 6.26. The molecule has 21 heavy (non-hydrogen) atoms. The minimum Gasteiger partial charge on any atom is -0.472 e. The highest BCUT2D eigenvalue weighted by Crippen LogP contribution is 2.24. The first-order valence-electron chi connectivity index (χ1n) is 6.16. The fraction of sp³-hybridized carbons (Fsp3) is 0.0714. The lowest BCUT2D eigenvalue weighted by Crippen LogP contribution is -2.19. The summed E-state index contributed by atoms with van der Waals surface area (Å²) in [7, 11) is 0. The third-order valence-corrected chi connectivity index (χ3v) is 3.70. The Hall–Kier alpha value is -2.67. The molecule has 1 amide bonds. The molecular weight excluding hydrogens is 290 g/mol. The van der Waals surface area contributed by atoms with Gasteiger partial charge in [-0.05, 0) is 6.07 Å². The zero-order valence-corrected chi connectivity index (χ0v) is 11.6. The van der Waals surface area contributed by atoms with Gasteiger partial charge in [-0.1, -0.05) is 0 Å². The van der Waals surface area contributed by atoms with Gasteiger partial charge in [0.05, 0.1) is 18.4 Å². The van der Waals surface area contributed by atoms with Crippen molar-refractivity contribution in [2.45, 2.75) is 6.42 Å². The Kier molecular flexibility index (Phi) is 3.65. The van der Waals surface area contributed by atoms with Crippen molar-refractivity contribution >= 4 is 22.9 Å². The van der Waals surface area contributed by atoms with Crippen LogP contribution in [-0.4, -0.2) is 15.9 Å². The van der Waals surface area contributed by atoms with Gasteiger partial charge in [-0.25, -0.2) is 4.98 Å². The maximum absolute atomic E-state index is 11.9. The molecular formula is C14H11N3O3S. The third kappa shape index (κ3) is 3.09. The lowest BCUT2D eigenvalue weighted by Gasteiger charge is -2.02. The van der Waals surface area contributed by atoms with Gasteiger partial charge in [-0.3, -0.25) is 9.59 Å². The van der Waals surface area contributed by atoms with Crippen LogP contribution in [0.4, 0.5) is 5.69 Å². The standard InChI is InChI=1S/C14H11N3O3S/c18-12-1-3-15-6-11(12)17-13(19)5-10-8-21-14(16-10)9-2-4-20-7-9/h1-4,6-8H,5H2,(H,15,18)(H,17,19). The highest BCUT2D eigenvalue weighted by Gasteiger charge is 2.11. The largest absolute Gasteiger partial charge is 0.472 e. The molecule has 7 heteroatoms. The van der Waals surface area contributed by atoms with Gasteiger partial charge in [0.25, 0.3) is 0 Å². The van der Waals surface area contributed by atoms with Crippen molar-refractivity contribution in [2.75, 3.05) is 5.32 Å². The van der Waals surface area contributed by atoms with Gasteiger partial charge in [0.2, 0.25) is 11.3 Å². The number of amides is 1. The fourth-order valence-corrected chi connectivity index (χ4v) is 2.59. The molecule has 0 aliphatic rings. The van der Waals surface area contributed by atoms with Crippen molar-refractivity contribution < 1.29 is 9.21 Å². The smallest absolute Gasteiger partial charge is 0.230 e. The highest BCUT2D eigenvalue weighted by molar-refractivity contribution is 7.13. The summed E-state index contributed by atoms with van der Waals surface area (Å²) in [6.45, 7) is 0. The number of pyridine rings is 1. The molecule has 2 N–H and O–H groups in total. The van der Waals surface area contributed by atoms with E-state index in [9.17, 15) is 9.59 Å². The molecule has 0 fully saturated rings. The molecule has 0 aliphatic carbocycles. The van der Waals surface area contributed by atoms with Gasteiger partial charge in [-0.2, -0.15) is 0 Å². The van der Waals surface area contributed by atoms with Crippen LogP contribution in [0.2, 0.25) is 0 Å². The van der Waals surface area contributed by atoms with Crippen LogP contribution in [0.1, 0.15) is 5.69 Å². The lowest BCUT2D eigenvalue weighted by molar-refractivity contribution is -0.115. The van der Waals surface area contributed by atoms with Gasteiger partial charge in [0.1, 0.15) is 17.0 Å². The number of anilines is 1. The molecule has 3 aromatic heterocycles. The number of carbonyl (C=O) groups is 1. The van der Waals surface area contributed by atoms with E-state index in [1.807, 2.05) is 11.4 Å². The maximum atomic E-state index is 11.9. The number of H-pyrrole nitrogens is 1. The number of nitrogens with zero attached hydrogens (tertiary/aromatic N) is 1. The van der Waals surface area contributed by atoms with E-state index in [2.05, 4.69) is 15.3 Å². The minimum absolute atomic E-state index is 0.114. The summed E-state index contributed by atoms with van der Waals surface area (Å²) in [5.41, 5.74) is 1.53. The number of hydrogen-bond acceptors (Lipinski definition) is 5. The van der Waals surface area contributed by atoms with Crippen LogP contribution in [0.15, 0.2) is 51.6 Å². The van der Waals surface area contributed by atoms with E-state index in [0.717, 1.165) is 10.6 Å². The minimum atomic E-state index is -0.282.